The van der Waals surface area contributed by atoms with Crippen molar-refractivity contribution >= 4 is 11.9 Å². The number of esters is 1. The molecule has 7 heteroatoms. The van der Waals surface area contributed by atoms with E-state index < -0.39 is 29.6 Å². The summed E-state index contributed by atoms with van der Waals surface area (Å²) in [5, 5.41) is 2.67. The molecule has 1 fully saturated rings. The Morgan fingerprint density at radius 2 is 2.00 bits per heavy atom. The molecule has 0 saturated heterocycles. The highest BCUT2D eigenvalue weighted by Crippen LogP contribution is 2.48. The van der Waals surface area contributed by atoms with Gasteiger partial charge in [0.25, 0.3) is 0 Å². The molecule has 150 valence electrons. The average Bonchev–Trinajstić information content (AvgIpc) is 3.36. The average molecular weight is 383 g/mol. The number of hydrogen-bond donors (Lipinski definition) is 1. The Bertz CT molecular complexity index is 687. The van der Waals surface area contributed by atoms with Crippen LogP contribution in [0.5, 0.6) is 0 Å². The third-order valence-electron chi connectivity index (χ3n) is 4.34. The number of nitrogens with one attached hydrogen (secondary N) is 1. The van der Waals surface area contributed by atoms with Crippen LogP contribution in [0.1, 0.15) is 52.0 Å². The van der Waals surface area contributed by atoms with Crippen LogP contribution in [-0.2, 0) is 19.1 Å². The third-order valence-corrected chi connectivity index (χ3v) is 4.34. The molecule has 1 aromatic rings. The van der Waals surface area contributed by atoms with Crippen molar-refractivity contribution in [3.8, 4) is 0 Å². The van der Waals surface area contributed by atoms with Crippen LogP contribution in [0.2, 0.25) is 0 Å². The van der Waals surface area contributed by atoms with Gasteiger partial charge in [0.15, 0.2) is 11.6 Å². The van der Waals surface area contributed by atoms with Gasteiger partial charge >= 0.3 is 5.97 Å². The number of carbonyl (C=O) groups is 2. The highest BCUT2D eigenvalue weighted by atomic mass is 19.2. The minimum atomic E-state index is -0.928. The molecule has 1 N–H and O–H groups in total. The second-order valence-electron chi connectivity index (χ2n) is 7.65. The minimum absolute atomic E-state index is 0.193. The SMILES string of the molecule is CCOC(=O)C(CCOC(C)(C)C)NC(=O)C1CC1c1cccc(F)c1F. The molecular formula is C20H27F2NO4. The van der Waals surface area contributed by atoms with Crippen molar-refractivity contribution in [1.82, 2.24) is 5.32 Å². The van der Waals surface area contributed by atoms with E-state index in [4.69, 9.17) is 9.47 Å². The van der Waals surface area contributed by atoms with E-state index in [0.717, 1.165) is 6.07 Å². The van der Waals surface area contributed by atoms with Crippen molar-refractivity contribution in [3.63, 3.8) is 0 Å². The Hall–Kier alpha value is -2.02. The van der Waals surface area contributed by atoms with Gasteiger partial charge < -0.3 is 14.8 Å². The van der Waals surface area contributed by atoms with Gasteiger partial charge in [0, 0.05) is 18.9 Å². The summed E-state index contributed by atoms with van der Waals surface area (Å²) < 4.78 is 37.9. The minimum Gasteiger partial charge on any atom is -0.464 e. The smallest absolute Gasteiger partial charge is 0.328 e. The molecule has 0 aromatic heterocycles. The van der Waals surface area contributed by atoms with Gasteiger partial charge in [0.1, 0.15) is 6.04 Å². The van der Waals surface area contributed by atoms with Crippen molar-refractivity contribution in [2.24, 2.45) is 5.92 Å². The number of amides is 1. The van der Waals surface area contributed by atoms with E-state index in [0.29, 0.717) is 6.42 Å². The molecule has 1 aromatic carbocycles. The number of halogens is 2. The Balaban J connectivity index is 1.97. The van der Waals surface area contributed by atoms with E-state index in [2.05, 4.69) is 5.32 Å². The molecule has 0 bridgehead atoms. The summed E-state index contributed by atoms with van der Waals surface area (Å²) in [5.74, 6) is -3.60. The second-order valence-corrected chi connectivity index (χ2v) is 7.65. The quantitative estimate of drug-likeness (QED) is 0.700. The largest absolute Gasteiger partial charge is 0.464 e. The molecule has 5 nitrogen and oxygen atoms in total. The Morgan fingerprint density at radius 3 is 2.63 bits per heavy atom. The number of benzene rings is 1. The van der Waals surface area contributed by atoms with Gasteiger partial charge in [-0.25, -0.2) is 13.6 Å². The first-order chi connectivity index (χ1) is 12.6. The second kappa shape index (κ2) is 8.78. The zero-order valence-corrected chi connectivity index (χ0v) is 16.2. The molecule has 0 radical (unpaired) electrons. The Kier molecular flexibility index (Phi) is 6.92. The molecule has 0 heterocycles. The maximum atomic E-state index is 13.9. The molecule has 1 aliphatic carbocycles. The normalized spacial score (nSPS) is 20.1. The van der Waals surface area contributed by atoms with E-state index in [1.54, 1.807) is 6.92 Å². The van der Waals surface area contributed by atoms with Crippen LogP contribution in [-0.4, -0.2) is 36.7 Å². The molecule has 27 heavy (non-hydrogen) atoms. The van der Waals surface area contributed by atoms with E-state index in [-0.39, 0.29) is 42.6 Å². The first-order valence-electron chi connectivity index (χ1n) is 9.19. The molecule has 2 rings (SSSR count). The maximum Gasteiger partial charge on any atom is 0.328 e. The predicted molar refractivity (Wildman–Crippen MR) is 96.1 cm³/mol. The molecule has 0 aliphatic heterocycles. The standard InChI is InChI=1S/C20H27F2NO4/c1-5-26-19(25)16(9-10-27-20(2,3)4)23-18(24)14-11-13(14)12-7-6-8-15(21)17(12)22/h6-8,13-14,16H,5,9-11H2,1-4H3,(H,23,24). The number of rotatable bonds is 8. The van der Waals surface area contributed by atoms with E-state index >= 15 is 0 Å². The summed E-state index contributed by atoms with van der Waals surface area (Å²) in [7, 11) is 0. The van der Waals surface area contributed by atoms with Gasteiger partial charge in [0.05, 0.1) is 12.2 Å². The van der Waals surface area contributed by atoms with Crippen LogP contribution in [0.3, 0.4) is 0 Å². The summed E-state index contributed by atoms with van der Waals surface area (Å²) in [6.45, 7) is 7.85. The lowest BCUT2D eigenvalue weighted by Gasteiger charge is -2.22. The van der Waals surface area contributed by atoms with E-state index in [1.165, 1.54) is 12.1 Å². The first-order valence-corrected chi connectivity index (χ1v) is 9.19. The van der Waals surface area contributed by atoms with Gasteiger partial charge in [-0.15, -0.1) is 0 Å². The lowest BCUT2D eigenvalue weighted by atomic mass is 10.1. The fourth-order valence-electron chi connectivity index (χ4n) is 2.89. The lowest BCUT2D eigenvalue weighted by molar-refractivity contribution is -0.148. The summed E-state index contributed by atoms with van der Waals surface area (Å²) >= 11 is 0. The summed E-state index contributed by atoms with van der Waals surface area (Å²) in [4.78, 5) is 24.6. The third kappa shape index (κ3) is 5.99. The monoisotopic (exact) mass is 383 g/mol. The predicted octanol–water partition coefficient (Wildman–Crippen LogP) is 3.32. The van der Waals surface area contributed by atoms with Crippen molar-refractivity contribution in [1.29, 1.82) is 0 Å². The summed E-state index contributed by atoms with van der Waals surface area (Å²) in [5.41, 5.74) is -0.168. The van der Waals surface area contributed by atoms with Crippen LogP contribution in [0, 0.1) is 17.6 Å². The maximum absolute atomic E-state index is 13.9. The topological polar surface area (TPSA) is 64.6 Å². The first kappa shape index (κ1) is 21.3. The van der Waals surface area contributed by atoms with Crippen LogP contribution >= 0.6 is 0 Å². The molecule has 1 saturated carbocycles. The fourth-order valence-corrected chi connectivity index (χ4v) is 2.89. The van der Waals surface area contributed by atoms with E-state index in [9.17, 15) is 18.4 Å². The number of hydrogen-bond acceptors (Lipinski definition) is 4. The molecule has 1 amide bonds. The molecular weight excluding hydrogens is 356 g/mol. The Morgan fingerprint density at radius 1 is 1.30 bits per heavy atom. The highest BCUT2D eigenvalue weighted by molar-refractivity contribution is 5.88. The van der Waals surface area contributed by atoms with Gasteiger partial charge in [0.2, 0.25) is 5.91 Å². The summed E-state index contributed by atoms with van der Waals surface area (Å²) in [6.07, 6.45) is 0.688. The molecule has 3 unspecified atom stereocenters. The lowest BCUT2D eigenvalue weighted by Crippen LogP contribution is -2.43. The van der Waals surface area contributed by atoms with Crippen molar-refractivity contribution < 1.29 is 27.8 Å². The van der Waals surface area contributed by atoms with Crippen molar-refractivity contribution in [3.05, 3.63) is 35.4 Å². The van der Waals surface area contributed by atoms with E-state index in [1.807, 2.05) is 20.8 Å². The Labute approximate surface area is 158 Å². The number of carbonyl (C=O) groups excluding carboxylic acids is 2. The number of ether oxygens (including phenoxy) is 2. The van der Waals surface area contributed by atoms with Gasteiger partial charge in [-0.05, 0) is 51.7 Å². The fraction of sp³-hybridized carbons (Fsp3) is 0.600. The van der Waals surface area contributed by atoms with Crippen LogP contribution in [0.4, 0.5) is 8.78 Å². The molecule has 0 spiro atoms. The molecule has 1 aliphatic rings. The zero-order chi connectivity index (χ0) is 20.2. The van der Waals surface area contributed by atoms with Crippen LogP contribution in [0.25, 0.3) is 0 Å². The van der Waals surface area contributed by atoms with Crippen molar-refractivity contribution in [2.45, 2.75) is 58.1 Å². The van der Waals surface area contributed by atoms with Crippen LogP contribution in [0.15, 0.2) is 18.2 Å². The van der Waals surface area contributed by atoms with Gasteiger partial charge in [-0.2, -0.15) is 0 Å². The summed E-state index contributed by atoms with van der Waals surface area (Å²) in [6, 6.07) is 3.11. The molecule has 3 atom stereocenters. The zero-order valence-electron chi connectivity index (χ0n) is 16.2. The van der Waals surface area contributed by atoms with Gasteiger partial charge in [-0.3, -0.25) is 4.79 Å². The van der Waals surface area contributed by atoms with Crippen molar-refractivity contribution in [2.75, 3.05) is 13.2 Å². The highest BCUT2D eigenvalue weighted by Gasteiger charge is 2.46. The van der Waals surface area contributed by atoms with Crippen LogP contribution < -0.4 is 5.32 Å². The van der Waals surface area contributed by atoms with Gasteiger partial charge in [-0.1, -0.05) is 12.1 Å².